The lowest BCUT2D eigenvalue weighted by molar-refractivity contribution is 0.100. The summed E-state index contributed by atoms with van der Waals surface area (Å²) in [5, 5.41) is 8.28. The molecule has 0 atom stereocenters. The number of nitrogens with zero attached hydrogens (tertiary/aromatic N) is 1. The minimum Gasteiger partial charge on any atom is -0.457 e. The molecule has 98 valence electrons. The predicted octanol–water partition coefficient (Wildman–Crippen LogP) is 3.60. The van der Waals surface area contributed by atoms with Gasteiger partial charge in [0.25, 0.3) is 0 Å². The Morgan fingerprint density at radius 1 is 1.11 bits per heavy atom. The molecule has 0 saturated heterocycles. The first-order valence-corrected chi connectivity index (χ1v) is 5.98. The third kappa shape index (κ3) is 4.56. The number of Topliss-reactive ketones (excluding diaryl/α,β-unsaturated/α-hetero) is 2. The van der Waals surface area contributed by atoms with E-state index in [0.717, 1.165) is 0 Å². The Morgan fingerprint density at radius 2 is 1.63 bits per heavy atom. The van der Waals surface area contributed by atoms with Crippen molar-refractivity contribution in [3.63, 3.8) is 0 Å². The van der Waals surface area contributed by atoms with Gasteiger partial charge in [0, 0.05) is 12.1 Å². The van der Waals surface area contributed by atoms with Crippen molar-refractivity contribution in [3.8, 4) is 6.07 Å². The molecule has 6 heteroatoms. The number of carbonyl (C=O) groups excluding carboxylic acids is 2. The largest absolute Gasteiger partial charge is 0.457 e. The van der Waals surface area contributed by atoms with E-state index in [1.165, 1.54) is 32.4 Å². The summed E-state index contributed by atoms with van der Waals surface area (Å²) in [7, 11) is 0. The highest BCUT2D eigenvalue weighted by atomic mass is 79.9. The van der Waals surface area contributed by atoms with E-state index in [2.05, 4.69) is 15.9 Å². The van der Waals surface area contributed by atoms with Gasteiger partial charge in [0.15, 0.2) is 16.2 Å². The minimum absolute atomic E-state index is 0.0180. The zero-order valence-corrected chi connectivity index (χ0v) is 11.9. The Balaban J connectivity index is 0.000000191. The van der Waals surface area contributed by atoms with Gasteiger partial charge in [-0.2, -0.15) is 5.26 Å². The van der Waals surface area contributed by atoms with Crippen molar-refractivity contribution in [2.24, 2.45) is 0 Å². The third-order valence-electron chi connectivity index (χ3n) is 2.09. The van der Waals surface area contributed by atoms with Gasteiger partial charge in [-0.25, -0.2) is 0 Å². The summed E-state index contributed by atoms with van der Waals surface area (Å²) in [6, 6.07) is 4.84. The summed E-state index contributed by atoms with van der Waals surface area (Å²) in [6.07, 6.45) is 2.70. The van der Waals surface area contributed by atoms with Crippen LogP contribution in [-0.4, -0.2) is 11.6 Å². The number of hydrogen-bond acceptors (Lipinski definition) is 5. The lowest BCUT2D eigenvalue weighted by Gasteiger charge is -1.78. The van der Waals surface area contributed by atoms with Crippen LogP contribution in [0.5, 0.6) is 0 Å². The SMILES string of the molecule is CC(=O)c1coc(Br)c1.CC(=O)c1coc(C#N)c1. The minimum atomic E-state index is -0.0924. The first-order valence-electron chi connectivity index (χ1n) is 5.18. The van der Waals surface area contributed by atoms with Crippen molar-refractivity contribution in [1.29, 1.82) is 5.26 Å². The van der Waals surface area contributed by atoms with Gasteiger partial charge in [-0.05, 0) is 29.8 Å². The molecule has 0 bridgehead atoms. The van der Waals surface area contributed by atoms with Crippen LogP contribution >= 0.6 is 15.9 Å². The quantitative estimate of drug-likeness (QED) is 0.788. The van der Waals surface area contributed by atoms with E-state index in [4.69, 9.17) is 14.1 Å². The van der Waals surface area contributed by atoms with Gasteiger partial charge in [0.2, 0.25) is 5.76 Å². The summed E-state index contributed by atoms with van der Waals surface area (Å²) in [5.41, 5.74) is 1.04. The molecule has 0 N–H and O–H groups in total. The molecular weight excluding hydrogens is 314 g/mol. The molecule has 0 aromatic carbocycles. The second kappa shape index (κ2) is 6.71. The third-order valence-corrected chi connectivity index (χ3v) is 2.51. The van der Waals surface area contributed by atoms with Crippen LogP contribution in [0, 0.1) is 11.3 Å². The first kappa shape index (κ1) is 14.9. The van der Waals surface area contributed by atoms with E-state index in [0.29, 0.717) is 15.8 Å². The molecule has 0 aliphatic carbocycles. The average molecular weight is 324 g/mol. The zero-order valence-electron chi connectivity index (χ0n) is 10.3. The maximum Gasteiger partial charge on any atom is 0.203 e. The van der Waals surface area contributed by atoms with Gasteiger partial charge in [-0.1, -0.05) is 0 Å². The number of ketones is 2. The number of furan rings is 2. The fourth-order valence-corrected chi connectivity index (χ4v) is 1.41. The fourth-order valence-electron chi connectivity index (χ4n) is 1.07. The first-order chi connectivity index (χ1) is 8.93. The lowest BCUT2D eigenvalue weighted by Crippen LogP contribution is -1.85. The van der Waals surface area contributed by atoms with Crippen LogP contribution < -0.4 is 0 Å². The van der Waals surface area contributed by atoms with Gasteiger partial charge in [0.05, 0.1) is 11.1 Å². The van der Waals surface area contributed by atoms with Gasteiger partial charge >= 0.3 is 0 Å². The normalized spacial score (nSPS) is 9.16. The summed E-state index contributed by atoms with van der Waals surface area (Å²) < 4.78 is 10.1. The Hall–Kier alpha value is -2.13. The molecule has 19 heavy (non-hydrogen) atoms. The van der Waals surface area contributed by atoms with Crippen LogP contribution in [0.25, 0.3) is 0 Å². The van der Waals surface area contributed by atoms with Crippen molar-refractivity contribution >= 4 is 27.5 Å². The summed E-state index contributed by atoms with van der Waals surface area (Å²) >= 11 is 3.08. The van der Waals surface area contributed by atoms with Crippen LogP contribution in [0.15, 0.2) is 38.2 Å². The second-order valence-corrected chi connectivity index (χ2v) is 4.34. The lowest BCUT2D eigenvalue weighted by atomic mass is 10.2. The van der Waals surface area contributed by atoms with Crippen LogP contribution in [0.4, 0.5) is 0 Å². The maximum atomic E-state index is 10.6. The molecule has 2 heterocycles. The van der Waals surface area contributed by atoms with Crippen molar-refractivity contribution < 1.29 is 18.4 Å². The molecule has 0 aliphatic rings. The molecule has 0 fully saturated rings. The molecule has 2 aromatic heterocycles. The Bertz CT molecular complexity index is 633. The van der Waals surface area contributed by atoms with Crippen LogP contribution in [0.2, 0.25) is 0 Å². The van der Waals surface area contributed by atoms with Gasteiger partial charge < -0.3 is 8.83 Å². The summed E-state index contributed by atoms with van der Waals surface area (Å²) in [6.45, 7) is 2.92. The van der Waals surface area contributed by atoms with Gasteiger partial charge in [0.1, 0.15) is 18.6 Å². The molecule has 0 radical (unpaired) electrons. The van der Waals surface area contributed by atoms with Crippen LogP contribution in [0.1, 0.15) is 40.3 Å². The van der Waals surface area contributed by atoms with E-state index in [9.17, 15) is 9.59 Å². The number of hydrogen-bond donors (Lipinski definition) is 0. The van der Waals surface area contributed by atoms with Gasteiger partial charge in [-0.3, -0.25) is 9.59 Å². The molecule has 5 nitrogen and oxygen atoms in total. The molecule has 2 rings (SSSR count). The van der Waals surface area contributed by atoms with E-state index in [1.54, 1.807) is 12.1 Å². The Morgan fingerprint density at radius 3 is 1.89 bits per heavy atom. The van der Waals surface area contributed by atoms with Crippen molar-refractivity contribution in [2.75, 3.05) is 0 Å². The molecule has 0 saturated carbocycles. The predicted molar refractivity (Wildman–Crippen MR) is 69.8 cm³/mol. The summed E-state index contributed by atoms with van der Waals surface area (Å²) in [5.74, 6) is 0.0971. The van der Waals surface area contributed by atoms with Crippen LogP contribution in [-0.2, 0) is 0 Å². The molecular formula is C13H10BrNO4. The molecule has 2 aromatic rings. The molecule has 0 unspecified atom stereocenters. The monoisotopic (exact) mass is 323 g/mol. The van der Waals surface area contributed by atoms with Crippen molar-refractivity contribution in [1.82, 2.24) is 0 Å². The molecule has 0 aliphatic heterocycles. The van der Waals surface area contributed by atoms with E-state index >= 15 is 0 Å². The van der Waals surface area contributed by atoms with E-state index in [-0.39, 0.29) is 17.3 Å². The number of rotatable bonds is 2. The van der Waals surface area contributed by atoms with Crippen LogP contribution in [0.3, 0.4) is 0 Å². The van der Waals surface area contributed by atoms with Gasteiger partial charge in [-0.15, -0.1) is 0 Å². The highest BCUT2D eigenvalue weighted by Gasteiger charge is 2.03. The average Bonchev–Trinajstić information content (AvgIpc) is 2.97. The van der Waals surface area contributed by atoms with Crippen molar-refractivity contribution in [3.05, 3.63) is 46.2 Å². The standard InChI is InChI=1S/C7H5NO2.C6H5BrO2/c1-5(9)6-2-7(3-8)10-4-6;1-4(8)5-2-6(7)9-3-5/h2,4H,1H3;2-3H,1H3. The highest BCUT2D eigenvalue weighted by molar-refractivity contribution is 9.10. The zero-order chi connectivity index (χ0) is 14.4. The Labute approximate surface area is 117 Å². The second-order valence-electron chi connectivity index (χ2n) is 3.56. The molecule has 0 amide bonds. The Kier molecular flexibility index (Phi) is 5.27. The fraction of sp³-hybridized carbons (Fsp3) is 0.154. The van der Waals surface area contributed by atoms with E-state index in [1.807, 2.05) is 0 Å². The molecule has 0 spiro atoms. The number of nitriles is 1. The number of carbonyl (C=O) groups is 2. The van der Waals surface area contributed by atoms with E-state index < -0.39 is 0 Å². The summed E-state index contributed by atoms with van der Waals surface area (Å²) in [4.78, 5) is 21.2. The highest BCUT2D eigenvalue weighted by Crippen LogP contribution is 2.13. The maximum absolute atomic E-state index is 10.6. The van der Waals surface area contributed by atoms with Crippen molar-refractivity contribution in [2.45, 2.75) is 13.8 Å². The smallest absolute Gasteiger partial charge is 0.203 e. The number of halogens is 1. The topological polar surface area (TPSA) is 84.2 Å².